The molecule has 3 heterocycles. The predicted molar refractivity (Wildman–Crippen MR) is 117 cm³/mol. The molecule has 2 aromatic carbocycles. The molecule has 31 heavy (non-hydrogen) atoms. The topological polar surface area (TPSA) is 63.9 Å². The Hall–Kier alpha value is -3.10. The van der Waals surface area contributed by atoms with Gasteiger partial charge in [-0.15, -0.1) is 21.5 Å². The van der Waals surface area contributed by atoms with E-state index in [1.54, 1.807) is 4.90 Å². The van der Waals surface area contributed by atoms with E-state index in [4.69, 9.17) is 16.6 Å². The Bertz CT molecular complexity index is 1270. The van der Waals surface area contributed by atoms with Crippen molar-refractivity contribution in [2.24, 2.45) is 0 Å². The molecule has 1 aliphatic rings. The van der Waals surface area contributed by atoms with Crippen molar-refractivity contribution in [1.29, 1.82) is 0 Å². The number of hydrogen-bond acceptors (Lipinski definition) is 5. The SMILES string of the molecule is CC1c2nnc(-c3csc(-c4ccccc4Cl)n3)n2CCN1C(=O)c1ccc(F)cc1. The number of carbonyl (C=O) groups excluding carboxylic acids is 1. The second-order valence-electron chi connectivity index (χ2n) is 7.23. The van der Waals surface area contributed by atoms with Crippen LogP contribution in [-0.4, -0.2) is 37.1 Å². The van der Waals surface area contributed by atoms with Crippen LogP contribution in [-0.2, 0) is 6.54 Å². The van der Waals surface area contributed by atoms with Crippen molar-refractivity contribution in [2.75, 3.05) is 6.54 Å². The number of fused-ring (bicyclic) bond motifs is 1. The summed E-state index contributed by atoms with van der Waals surface area (Å²) in [5.41, 5.74) is 2.05. The molecule has 0 fully saturated rings. The zero-order valence-electron chi connectivity index (χ0n) is 16.5. The Morgan fingerprint density at radius 3 is 2.68 bits per heavy atom. The summed E-state index contributed by atoms with van der Waals surface area (Å²) < 4.78 is 15.2. The van der Waals surface area contributed by atoms with Gasteiger partial charge in [-0.25, -0.2) is 9.37 Å². The third-order valence-corrected chi connectivity index (χ3v) is 6.58. The molecular weight excluding hydrogens is 437 g/mol. The van der Waals surface area contributed by atoms with Gasteiger partial charge in [-0.3, -0.25) is 4.79 Å². The molecular formula is C22H17ClFN5OS. The Morgan fingerprint density at radius 1 is 1.13 bits per heavy atom. The summed E-state index contributed by atoms with van der Waals surface area (Å²) in [6.45, 7) is 2.96. The Labute approximate surface area is 186 Å². The van der Waals surface area contributed by atoms with Crippen LogP contribution in [0.2, 0.25) is 5.02 Å². The Morgan fingerprint density at radius 2 is 1.90 bits per heavy atom. The minimum absolute atomic E-state index is 0.155. The lowest BCUT2D eigenvalue weighted by molar-refractivity contribution is 0.0638. The summed E-state index contributed by atoms with van der Waals surface area (Å²) in [5, 5.41) is 12.1. The van der Waals surface area contributed by atoms with Gasteiger partial charge in [0.2, 0.25) is 0 Å². The van der Waals surface area contributed by atoms with Crippen LogP contribution < -0.4 is 0 Å². The van der Waals surface area contributed by atoms with Crippen LogP contribution in [0, 0.1) is 5.82 Å². The Balaban J connectivity index is 1.43. The number of thiazole rings is 1. The maximum Gasteiger partial charge on any atom is 0.254 e. The van der Waals surface area contributed by atoms with Crippen LogP contribution in [0.4, 0.5) is 4.39 Å². The highest BCUT2D eigenvalue weighted by Gasteiger charge is 2.32. The van der Waals surface area contributed by atoms with Gasteiger partial charge in [0.05, 0.1) is 11.1 Å². The largest absolute Gasteiger partial charge is 0.327 e. The quantitative estimate of drug-likeness (QED) is 0.434. The van der Waals surface area contributed by atoms with Gasteiger partial charge < -0.3 is 9.47 Å². The second-order valence-corrected chi connectivity index (χ2v) is 8.50. The molecule has 1 aliphatic heterocycles. The van der Waals surface area contributed by atoms with Crippen LogP contribution in [0.15, 0.2) is 53.9 Å². The summed E-state index contributed by atoms with van der Waals surface area (Å²) in [6.07, 6.45) is 0. The molecule has 0 saturated carbocycles. The van der Waals surface area contributed by atoms with Crippen molar-refractivity contribution in [3.05, 3.63) is 76.1 Å². The number of benzene rings is 2. The van der Waals surface area contributed by atoms with Crippen LogP contribution in [0.25, 0.3) is 22.1 Å². The van der Waals surface area contributed by atoms with Crippen LogP contribution in [0.5, 0.6) is 0 Å². The van der Waals surface area contributed by atoms with Crippen molar-refractivity contribution in [1.82, 2.24) is 24.6 Å². The van der Waals surface area contributed by atoms with Crippen molar-refractivity contribution in [3.63, 3.8) is 0 Å². The van der Waals surface area contributed by atoms with E-state index in [0.29, 0.717) is 35.3 Å². The molecule has 1 atom stereocenters. The van der Waals surface area contributed by atoms with Gasteiger partial charge in [0, 0.05) is 29.6 Å². The molecule has 1 unspecified atom stereocenters. The minimum atomic E-state index is -0.368. The van der Waals surface area contributed by atoms with E-state index < -0.39 is 0 Å². The number of nitrogens with zero attached hydrogens (tertiary/aromatic N) is 5. The van der Waals surface area contributed by atoms with E-state index in [9.17, 15) is 9.18 Å². The predicted octanol–water partition coefficient (Wildman–Crippen LogP) is 5.08. The number of carbonyl (C=O) groups is 1. The van der Waals surface area contributed by atoms with Gasteiger partial charge in [-0.05, 0) is 37.3 Å². The first kappa shape index (κ1) is 19.8. The molecule has 6 nitrogen and oxygen atoms in total. The van der Waals surface area contributed by atoms with Crippen LogP contribution in [0.1, 0.15) is 29.1 Å². The van der Waals surface area contributed by atoms with Crippen molar-refractivity contribution in [2.45, 2.75) is 19.5 Å². The number of rotatable bonds is 3. The molecule has 0 N–H and O–H groups in total. The molecule has 5 rings (SSSR count). The fourth-order valence-corrected chi connectivity index (χ4v) is 4.86. The number of hydrogen-bond donors (Lipinski definition) is 0. The molecule has 156 valence electrons. The highest BCUT2D eigenvalue weighted by molar-refractivity contribution is 7.13. The van der Waals surface area contributed by atoms with Gasteiger partial charge >= 0.3 is 0 Å². The fraction of sp³-hybridized carbons (Fsp3) is 0.182. The molecule has 9 heteroatoms. The second kappa shape index (κ2) is 7.86. The summed E-state index contributed by atoms with van der Waals surface area (Å²) in [7, 11) is 0. The standard InChI is InChI=1S/C22H17ClFN5OS/c1-13-19-26-27-20(18-12-31-21(25-18)16-4-2-3-5-17(16)23)29(19)11-10-28(13)22(30)14-6-8-15(24)9-7-14/h2-9,12-13H,10-11H2,1H3. The zero-order chi connectivity index (χ0) is 21.5. The van der Waals surface area contributed by atoms with E-state index in [0.717, 1.165) is 16.3 Å². The van der Waals surface area contributed by atoms with E-state index in [1.807, 2.05) is 41.1 Å². The zero-order valence-corrected chi connectivity index (χ0v) is 18.1. The highest BCUT2D eigenvalue weighted by Crippen LogP contribution is 2.34. The molecule has 4 aromatic rings. The third kappa shape index (κ3) is 3.51. The molecule has 0 bridgehead atoms. The normalized spacial score (nSPS) is 15.7. The van der Waals surface area contributed by atoms with Gasteiger partial charge in [-0.1, -0.05) is 29.8 Å². The lowest BCUT2D eigenvalue weighted by Gasteiger charge is -2.33. The molecule has 0 radical (unpaired) electrons. The highest BCUT2D eigenvalue weighted by atomic mass is 35.5. The maximum atomic E-state index is 13.2. The van der Waals surface area contributed by atoms with Gasteiger partial charge in [-0.2, -0.15) is 0 Å². The lowest BCUT2D eigenvalue weighted by Crippen LogP contribution is -2.41. The van der Waals surface area contributed by atoms with Crippen molar-refractivity contribution < 1.29 is 9.18 Å². The van der Waals surface area contributed by atoms with Gasteiger partial charge in [0.1, 0.15) is 16.5 Å². The van der Waals surface area contributed by atoms with E-state index >= 15 is 0 Å². The minimum Gasteiger partial charge on any atom is -0.327 e. The number of amides is 1. The van der Waals surface area contributed by atoms with Crippen molar-refractivity contribution >= 4 is 28.8 Å². The smallest absolute Gasteiger partial charge is 0.254 e. The number of halogens is 2. The van der Waals surface area contributed by atoms with Crippen LogP contribution in [0.3, 0.4) is 0 Å². The first-order valence-corrected chi connectivity index (χ1v) is 11.0. The van der Waals surface area contributed by atoms with Crippen LogP contribution >= 0.6 is 22.9 Å². The Kier molecular flexibility index (Phi) is 5.03. The first-order chi connectivity index (χ1) is 15.0. The van der Waals surface area contributed by atoms with Gasteiger partial charge in [0.25, 0.3) is 5.91 Å². The third-order valence-electron chi connectivity index (χ3n) is 5.37. The maximum absolute atomic E-state index is 13.2. The van der Waals surface area contributed by atoms with E-state index in [1.165, 1.54) is 35.6 Å². The molecule has 1 amide bonds. The monoisotopic (exact) mass is 453 g/mol. The van der Waals surface area contributed by atoms with Gasteiger partial charge in [0.15, 0.2) is 11.6 Å². The first-order valence-electron chi connectivity index (χ1n) is 9.73. The summed E-state index contributed by atoms with van der Waals surface area (Å²) in [6, 6.07) is 12.9. The van der Waals surface area contributed by atoms with E-state index in [2.05, 4.69) is 10.2 Å². The summed E-state index contributed by atoms with van der Waals surface area (Å²) in [5.74, 6) is 0.847. The molecule has 0 aliphatic carbocycles. The van der Waals surface area contributed by atoms with E-state index in [-0.39, 0.29) is 17.8 Å². The average Bonchev–Trinajstić information content (AvgIpc) is 3.42. The molecule has 0 saturated heterocycles. The van der Waals surface area contributed by atoms with Crippen molar-refractivity contribution in [3.8, 4) is 22.1 Å². The number of aromatic nitrogens is 4. The summed E-state index contributed by atoms with van der Waals surface area (Å²) in [4.78, 5) is 19.4. The lowest BCUT2D eigenvalue weighted by atomic mass is 10.1. The summed E-state index contributed by atoms with van der Waals surface area (Å²) >= 11 is 7.81. The average molecular weight is 454 g/mol. The molecule has 0 spiro atoms. The molecule has 2 aromatic heterocycles. The fourth-order valence-electron chi connectivity index (χ4n) is 3.75.